The summed E-state index contributed by atoms with van der Waals surface area (Å²) in [6.45, 7) is 3.88. The Bertz CT molecular complexity index is 505. The minimum Gasteiger partial charge on any atom is -0.313 e. The lowest BCUT2D eigenvalue weighted by molar-refractivity contribution is 0.726. The van der Waals surface area contributed by atoms with E-state index in [1.165, 1.54) is 5.56 Å². The van der Waals surface area contributed by atoms with Crippen molar-refractivity contribution < 1.29 is 0 Å². The van der Waals surface area contributed by atoms with Crippen LogP contribution in [0.4, 0.5) is 0 Å². The summed E-state index contributed by atoms with van der Waals surface area (Å²) >= 11 is 6.05. The standard InChI is InChI=1S/C13H16ClN3/c1-3-15-9-10-4-5-11(14)8-12(10)13-6-7-17(2)16-13/h4-8,15H,3,9H2,1-2H3. The molecule has 0 aliphatic heterocycles. The molecule has 0 saturated carbocycles. The normalized spacial score (nSPS) is 10.8. The number of rotatable bonds is 4. The van der Waals surface area contributed by atoms with E-state index in [4.69, 9.17) is 11.6 Å². The van der Waals surface area contributed by atoms with Crippen molar-refractivity contribution in [2.45, 2.75) is 13.5 Å². The number of nitrogens with one attached hydrogen (secondary N) is 1. The maximum atomic E-state index is 6.05. The van der Waals surface area contributed by atoms with Gasteiger partial charge in [0.05, 0.1) is 5.69 Å². The van der Waals surface area contributed by atoms with Gasteiger partial charge in [-0.15, -0.1) is 0 Å². The molecule has 90 valence electrons. The highest BCUT2D eigenvalue weighted by atomic mass is 35.5. The minimum atomic E-state index is 0.742. The molecule has 1 aromatic heterocycles. The molecular formula is C13H16ClN3. The number of nitrogens with zero attached hydrogens (tertiary/aromatic N) is 2. The summed E-state index contributed by atoms with van der Waals surface area (Å²) in [5.74, 6) is 0. The van der Waals surface area contributed by atoms with Gasteiger partial charge in [-0.3, -0.25) is 4.68 Å². The van der Waals surface area contributed by atoms with Crippen LogP contribution in [0.2, 0.25) is 5.02 Å². The zero-order valence-corrected chi connectivity index (χ0v) is 10.8. The van der Waals surface area contributed by atoms with Crippen LogP contribution in [0.3, 0.4) is 0 Å². The Balaban J connectivity index is 2.39. The van der Waals surface area contributed by atoms with Crippen LogP contribution in [-0.2, 0) is 13.6 Å². The number of hydrogen-bond donors (Lipinski definition) is 1. The van der Waals surface area contributed by atoms with E-state index in [0.717, 1.165) is 29.4 Å². The predicted octanol–water partition coefficient (Wildman–Crippen LogP) is 2.85. The highest BCUT2D eigenvalue weighted by molar-refractivity contribution is 6.30. The molecule has 0 atom stereocenters. The molecule has 0 unspecified atom stereocenters. The van der Waals surface area contributed by atoms with Crippen LogP contribution in [0.1, 0.15) is 12.5 Å². The molecule has 0 bridgehead atoms. The maximum Gasteiger partial charge on any atom is 0.0926 e. The zero-order valence-electron chi connectivity index (χ0n) is 10.1. The Kier molecular flexibility index (Phi) is 3.82. The molecule has 4 heteroatoms. The number of hydrogen-bond acceptors (Lipinski definition) is 2. The van der Waals surface area contributed by atoms with Gasteiger partial charge in [-0.1, -0.05) is 24.6 Å². The summed E-state index contributed by atoms with van der Waals surface area (Å²) in [4.78, 5) is 0. The van der Waals surface area contributed by atoms with Crippen molar-refractivity contribution in [3.63, 3.8) is 0 Å². The first kappa shape index (κ1) is 12.1. The van der Waals surface area contributed by atoms with Crippen LogP contribution in [0.15, 0.2) is 30.5 Å². The Morgan fingerprint density at radius 1 is 1.35 bits per heavy atom. The van der Waals surface area contributed by atoms with Crippen molar-refractivity contribution in [3.05, 3.63) is 41.0 Å². The lowest BCUT2D eigenvalue weighted by atomic mass is 10.0. The topological polar surface area (TPSA) is 29.9 Å². The molecule has 2 rings (SSSR count). The van der Waals surface area contributed by atoms with Crippen LogP contribution in [0.25, 0.3) is 11.3 Å². The molecule has 2 aromatic rings. The van der Waals surface area contributed by atoms with Crippen molar-refractivity contribution in [2.75, 3.05) is 6.54 Å². The molecule has 0 amide bonds. The second kappa shape index (κ2) is 5.34. The summed E-state index contributed by atoms with van der Waals surface area (Å²) in [6.07, 6.45) is 1.94. The molecule has 1 aromatic carbocycles. The van der Waals surface area contributed by atoms with E-state index in [1.807, 2.05) is 31.4 Å². The smallest absolute Gasteiger partial charge is 0.0926 e. The van der Waals surface area contributed by atoms with Gasteiger partial charge in [0.15, 0.2) is 0 Å². The van der Waals surface area contributed by atoms with Crippen LogP contribution in [0, 0.1) is 0 Å². The second-order valence-electron chi connectivity index (χ2n) is 3.96. The van der Waals surface area contributed by atoms with E-state index >= 15 is 0 Å². The highest BCUT2D eigenvalue weighted by Crippen LogP contribution is 2.25. The monoisotopic (exact) mass is 249 g/mol. The molecule has 17 heavy (non-hydrogen) atoms. The number of aryl methyl sites for hydroxylation is 1. The van der Waals surface area contributed by atoms with E-state index in [0.29, 0.717) is 0 Å². The van der Waals surface area contributed by atoms with Gasteiger partial charge in [0, 0.05) is 30.4 Å². The Morgan fingerprint density at radius 3 is 2.82 bits per heavy atom. The summed E-state index contributed by atoms with van der Waals surface area (Å²) in [5.41, 5.74) is 3.27. The Hall–Kier alpha value is -1.32. The fourth-order valence-electron chi connectivity index (χ4n) is 1.76. The first-order valence-corrected chi connectivity index (χ1v) is 6.07. The summed E-state index contributed by atoms with van der Waals surface area (Å²) in [6, 6.07) is 7.94. The highest BCUT2D eigenvalue weighted by Gasteiger charge is 2.08. The maximum absolute atomic E-state index is 6.05. The summed E-state index contributed by atoms with van der Waals surface area (Å²) < 4.78 is 1.80. The lowest BCUT2D eigenvalue weighted by Gasteiger charge is -2.08. The fourth-order valence-corrected chi connectivity index (χ4v) is 1.93. The van der Waals surface area contributed by atoms with E-state index in [2.05, 4.69) is 23.4 Å². The molecule has 0 aliphatic rings. The average Bonchev–Trinajstić information content (AvgIpc) is 2.74. The van der Waals surface area contributed by atoms with Gasteiger partial charge in [0.1, 0.15) is 0 Å². The second-order valence-corrected chi connectivity index (χ2v) is 4.39. The van der Waals surface area contributed by atoms with Crippen molar-refractivity contribution in [1.82, 2.24) is 15.1 Å². The predicted molar refractivity (Wildman–Crippen MR) is 71.0 cm³/mol. The van der Waals surface area contributed by atoms with Crippen LogP contribution >= 0.6 is 11.6 Å². The third kappa shape index (κ3) is 2.87. The number of benzene rings is 1. The zero-order chi connectivity index (χ0) is 12.3. The number of halogens is 1. The minimum absolute atomic E-state index is 0.742. The van der Waals surface area contributed by atoms with Gasteiger partial charge in [0.25, 0.3) is 0 Å². The molecule has 1 N–H and O–H groups in total. The first-order chi connectivity index (χ1) is 8.20. The molecule has 0 fully saturated rings. The molecule has 0 aliphatic carbocycles. The molecular weight excluding hydrogens is 234 g/mol. The van der Waals surface area contributed by atoms with Gasteiger partial charge in [0.2, 0.25) is 0 Å². The van der Waals surface area contributed by atoms with Gasteiger partial charge in [-0.05, 0) is 30.3 Å². The number of aromatic nitrogens is 2. The van der Waals surface area contributed by atoms with Gasteiger partial charge in [-0.2, -0.15) is 5.10 Å². The van der Waals surface area contributed by atoms with E-state index < -0.39 is 0 Å². The van der Waals surface area contributed by atoms with E-state index in [1.54, 1.807) is 4.68 Å². The van der Waals surface area contributed by atoms with Gasteiger partial charge < -0.3 is 5.32 Å². The van der Waals surface area contributed by atoms with Gasteiger partial charge >= 0.3 is 0 Å². The van der Waals surface area contributed by atoms with Crippen LogP contribution in [-0.4, -0.2) is 16.3 Å². The lowest BCUT2D eigenvalue weighted by Crippen LogP contribution is -2.12. The van der Waals surface area contributed by atoms with Crippen molar-refractivity contribution >= 4 is 11.6 Å². The SMILES string of the molecule is CCNCc1ccc(Cl)cc1-c1ccn(C)n1. The molecule has 0 saturated heterocycles. The van der Waals surface area contributed by atoms with Crippen LogP contribution < -0.4 is 5.32 Å². The fraction of sp³-hybridized carbons (Fsp3) is 0.308. The van der Waals surface area contributed by atoms with Crippen molar-refractivity contribution in [2.24, 2.45) is 7.05 Å². The van der Waals surface area contributed by atoms with Crippen LogP contribution in [0.5, 0.6) is 0 Å². The van der Waals surface area contributed by atoms with E-state index in [9.17, 15) is 0 Å². The van der Waals surface area contributed by atoms with Crippen molar-refractivity contribution in [1.29, 1.82) is 0 Å². The van der Waals surface area contributed by atoms with Gasteiger partial charge in [-0.25, -0.2) is 0 Å². The molecule has 1 heterocycles. The van der Waals surface area contributed by atoms with Crippen molar-refractivity contribution in [3.8, 4) is 11.3 Å². The molecule has 0 spiro atoms. The third-order valence-electron chi connectivity index (χ3n) is 2.63. The third-order valence-corrected chi connectivity index (χ3v) is 2.86. The Morgan fingerprint density at radius 2 is 2.18 bits per heavy atom. The largest absolute Gasteiger partial charge is 0.313 e. The Labute approximate surface area is 106 Å². The summed E-state index contributed by atoms with van der Waals surface area (Å²) in [5, 5.41) is 8.49. The molecule has 3 nitrogen and oxygen atoms in total. The summed E-state index contributed by atoms with van der Waals surface area (Å²) in [7, 11) is 1.91. The quantitative estimate of drug-likeness (QED) is 0.903. The molecule has 0 radical (unpaired) electrons. The average molecular weight is 250 g/mol. The van der Waals surface area contributed by atoms with E-state index in [-0.39, 0.29) is 0 Å². The first-order valence-electron chi connectivity index (χ1n) is 5.70.